The van der Waals surface area contributed by atoms with Crippen LogP contribution in [-0.2, 0) is 0 Å². The van der Waals surface area contributed by atoms with Gasteiger partial charge in [0, 0.05) is 11.1 Å². The van der Waals surface area contributed by atoms with Crippen molar-refractivity contribution in [2.24, 2.45) is 0 Å². The molecule has 6 nitrogen and oxygen atoms in total. The lowest BCUT2D eigenvalue weighted by Crippen LogP contribution is -2.29. The second-order valence-electron chi connectivity index (χ2n) is 5.73. The molecule has 136 valence electrons. The van der Waals surface area contributed by atoms with Crippen molar-refractivity contribution in [3.05, 3.63) is 82.4 Å². The van der Waals surface area contributed by atoms with Gasteiger partial charge in [0.15, 0.2) is 10.9 Å². The third kappa shape index (κ3) is 4.65. The first-order valence-corrected chi connectivity index (χ1v) is 9.06. The maximum Gasteiger partial charge on any atom is 0.257 e. The molecule has 3 rings (SSSR count). The maximum atomic E-state index is 12.4. The molecular formula is C20H17N3O3S. The van der Waals surface area contributed by atoms with Gasteiger partial charge >= 0.3 is 0 Å². The number of nitrogens with zero attached hydrogens (tertiary/aromatic N) is 1. The highest BCUT2D eigenvalue weighted by molar-refractivity contribution is 7.17. The van der Waals surface area contributed by atoms with Crippen molar-refractivity contribution in [3.8, 4) is 0 Å². The third-order valence-electron chi connectivity index (χ3n) is 3.75. The molecule has 0 saturated carbocycles. The molecule has 2 amide bonds. The Balaban J connectivity index is 1.62. The number of Topliss-reactive ketones (excluding diaryl/α,β-unsaturated/α-hetero) is 1. The lowest BCUT2D eigenvalue weighted by Gasteiger charge is -2.03. The van der Waals surface area contributed by atoms with Crippen LogP contribution in [0.5, 0.6) is 0 Å². The van der Waals surface area contributed by atoms with Gasteiger partial charge in [-0.25, -0.2) is 4.98 Å². The van der Waals surface area contributed by atoms with Gasteiger partial charge in [-0.2, -0.15) is 0 Å². The van der Waals surface area contributed by atoms with Gasteiger partial charge in [0.05, 0.1) is 17.1 Å². The molecule has 0 aliphatic heterocycles. The van der Waals surface area contributed by atoms with Crippen LogP contribution in [0.1, 0.15) is 36.1 Å². The van der Waals surface area contributed by atoms with Crippen LogP contribution < -0.4 is 10.6 Å². The fraction of sp³-hybridized carbons (Fsp3) is 0.100. The number of anilines is 1. The molecular weight excluding hydrogens is 362 g/mol. The van der Waals surface area contributed by atoms with Crippen molar-refractivity contribution in [2.45, 2.75) is 6.92 Å². The van der Waals surface area contributed by atoms with E-state index in [-0.39, 0.29) is 24.1 Å². The molecule has 27 heavy (non-hydrogen) atoms. The molecule has 0 unspecified atom stereocenters. The number of hydrogen-bond donors (Lipinski definition) is 2. The number of rotatable bonds is 6. The lowest BCUT2D eigenvalue weighted by molar-refractivity contribution is 0.0905. The Labute approximate surface area is 160 Å². The van der Waals surface area contributed by atoms with Crippen LogP contribution in [0.2, 0.25) is 0 Å². The molecule has 0 bridgehead atoms. The molecule has 0 radical (unpaired) electrons. The Morgan fingerprint density at radius 3 is 2.04 bits per heavy atom. The van der Waals surface area contributed by atoms with Crippen LogP contribution in [0.3, 0.4) is 0 Å². The predicted octanol–water partition coefficient (Wildman–Crippen LogP) is 3.32. The smallest absolute Gasteiger partial charge is 0.257 e. The Bertz CT molecular complexity index is 969. The average molecular weight is 379 g/mol. The number of aromatic nitrogens is 1. The summed E-state index contributed by atoms with van der Waals surface area (Å²) in [6, 6.07) is 17.4. The van der Waals surface area contributed by atoms with Crippen molar-refractivity contribution >= 4 is 34.1 Å². The van der Waals surface area contributed by atoms with Gasteiger partial charge in [0.2, 0.25) is 0 Å². The lowest BCUT2D eigenvalue weighted by atomic mass is 10.2. The topological polar surface area (TPSA) is 88.2 Å². The molecule has 1 aromatic heterocycles. The minimum atomic E-state index is -0.316. The minimum absolute atomic E-state index is 0.136. The Morgan fingerprint density at radius 1 is 0.889 bits per heavy atom. The zero-order chi connectivity index (χ0) is 19.2. The largest absolute Gasteiger partial charge is 0.345 e. The number of ketones is 1. The molecule has 2 N–H and O–H groups in total. The zero-order valence-electron chi connectivity index (χ0n) is 14.6. The van der Waals surface area contributed by atoms with Crippen molar-refractivity contribution in [2.75, 3.05) is 11.9 Å². The summed E-state index contributed by atoms with van der Waals surface area (Å²) in [6.45, 7) is 1.56. The summed E-state index contributed by atoms with van der Waals surface area (Å²) in [7, 11) is 0. The van der Waals surface area contributed by atoms with E-state index in [1.807, 2.05) is 12.1 Å². The standard InChI is InChI=1S/C20H17N3O3S/c1-13-17(16(24)12-21-18(25)14-8-4-2-5-9-14)27-20(22-13)23-19(26)15-10-6-3-7-11-15/h2-11H,12H2,1H3,(H,21,25)(H,22,23,26). The SMILES string of the molecule is Cc1nc(NC(=O)c2ccccc2)sc1C(=O)CNC(=O)c1ccccc1. The molecule has 3 aromatic rings. The molecule has 0 atom stereocenters. The van der Waals surface area contributed by atoms with Crippen molar-refractivity contribution in [3.63, 3.8) is 0 Å². The Hall–Kier alpha value is -3.32. The van der Waals surface area contributed by atoms with Gasteiger partial charge < -0.3 is 5.32 Å². The number of amides is 2. The van der Waals surface area contributed by atoms with Gasteiger partial charge in [0.1, 0.15) is 0 Å². The normalized spacial score (nSPS) is 10.3. The number of carbonyl (C=O) groups is 3. The fourth-order valence-electron chi connectivity index (χ4n) is 2.40. The first-order chi connectivity index (χ1) is 13.0. The highest BCUT2D eigenvalue weighted by Crippen LogP contribution is 2.23. The molecule has 0 fully saturated rings. The molecule has 0 aliphatic rings. The zero-order valence-corrected chi connectivity index (χ0v) is 15.4. The number of carbonyl (C=O) groups excluding carboxylic acids is 3. The van der Waals surface area contributed by atoms with Crippen LogP contribution in [0.25, 0.3) is 0 Å². The molecule has 2 aromatic carbocycles. The maximum absolute atomic E-state index is 12.4. The van der Waals surface area contributed by atoms with Crippen molar-refractivity contribution in [1.82, 2.24) is 10.3 Å². The van der Waals surface area contributed by atoms with Crippen LogP contribution in [0, 0.1) is 6.92 Å². The van der Waals surface area contributed by atoms with E-state index in [4.69, 9.17) is 0 Å². The molecule has 0 spiro atoms. The summed E-state index contributed by atoms with van der Waals surface area (Å²) in [5, 5.41) is 5.64. The number of benzene rings is 2. The summed E-state index contributed by atoms with van der Waals surface area (Å²) in [6.07, 6.45) is 0. The summed E-state index contributed by atoms with van der Waals surface area (Å²) < 4.78 is 0. The monoisotopic (exact) mass is 379 g/mol. The van der Waals surface area contributed by atoms with E-state index >= 15 is 0 Å². The van der Waals surface area contributed by atoms with E-state index < -0.39 is 0 Å². The number of aryl methyl sites for hydroxylation is 1. The highest BCUT2D eigenvalue weighted by atomic mass is 32.1. The molecule has 0 saturated heterocycles. The van der Waals surface area contributed by atoms with E-state index in [1.165, 1.54) is 0 Å². The van der Waals surface area contributed by atoms with E-state index in [1.54, 1.807) is 55.5 Å². The minimum Gasteiger partial charge on any atom is -0.345 e. The fourth-order valence-corrected chi connectivity index (χ4v) is 3.30. The molecule has 1 heterocycles. The summed E-state index contributed by atoms with van der Waals surface area (Å²) in [5.74, 6) is -0.862. The summed E-state index contributed by atoms with van der Waals surface area (Å²) in [4.78, 5) is 41.3. The number of hydrogen-bond acceptors (Lipinski definition) is 5. The van der Waals surface area contributed by atoms with Gasteiger partial charge in [-0.3, -0.25) is 19.7 Å². The van der Waals surface area contributed by atoms with E-state index in [0.717, 1.165) is 11.3 Å². The summed E-state index contributed by atoms with van der Waals surface area (Å²) in [5.41, 5.74) is 1.51. The first-order valence-electron chi connectivity index (χ1n) is 8.25. The second-order valence-corrected chi connectivity index (χ2v) is 6.72. The van der Waals surface area contributed by atoms with Crippen LogP contribution in [0.4, 0.5) is 5.13 Å². The number of nitrogens with one attached hydrogen (secondary N) is 2. The van der Waals surface area contributed by atoms with Gasteiger partial charge in [-0.05, 0) is 31.2 Å². The van der Waals surface area contributed by atoms with Crippen LogP contribution in [0.15, 0.2) is 60.7 Å². The third-order valence-corrected chi connectivity index (χ3v) is 4.87. The van der Waals surface area contributed by atoms with Gasteiger partial charge in [0.25, 0.3) is 11.8 Å². The Kier molecular flexibility index (Phi) is 5.73. The highest BCUT2D eigenvalue weighted by Gasteiger charge is 2.18. The summed E-state index contributed by atoms with van der Waals surface area (Å²) >= 11 is 1.09. The average Bonchev–Trinajstić information content (AvgIpc) is 3.07. The first kappa shape index (κ1) is 18.5. The van der Waals surface area contributed by atoms with E-state index in [0.29, 0.717) is 26.8 Å². The van der Waals surface area contributed by atoms with Crippen molar-refractivity contribution < 1.29 is 14.4 Å². The van der Waals surface area contributed by atoms with E-state index in [2.05, 4.69) is 15.6 Å². The quantitative estimate of drug-likeness (QED) is 0.643. The molecule has 0 aliphatic carbocycles. The Morgan fingerprint density at radius 2 is 1.44 bits per heavy atom. The predicted molar refractivity (Wildman–Crippen MR) is 104 cm³/mol. The van der Waals surface area contributed by atoms with Crippen molar-refractivity contribution in [1.29, 1.82) is 0 Å². The second kappa shape index (κ2) is 8.37. The van der Waals surface area contributed by atoms with Gasteiger partial charge in [-0.15, -0.1) is 0 Å². The van der Waals surface area contributed by atoms with E-state index in [9.17, 15) is 14.4 Å². The molecule has 7 heteroatoms. The number of thiazole rings is 1. The van der Waals surface area contributed by atoms with Gasteiger partial charge in [-0.1, -0.05) is 47.7 Å². The van der Waals surface area contributed by atoms with Crippen LogP contribution >= 0.6 is 11.3 Å². The van der Waals surface area contributed by atoms with Crippen LogP contribution in [-0.4, -0.2) is 29.1 Å².